The molecule has 0 saturated carbocycles. The van der Waals surface area contributed by atoms with Gasteiger partial charge in [-0.1, -0.05) is 0 Å². The number of nitrogens with one attached hydrogen (secondary N) is 1. The van der Waals surface area contributed by atoms with E-state index in [1.54, 1.807) is 5.48 Å². The predicted octanol–water partition coefficient (Wildman–Crippen LogP) is -1.40. The van der Waals surface area contributed by atoms with E-state index in [1.165, 1.54) is 0 Å². The SMILES string of the molecule is O=[N+]([O-])C1=CC([N+](=O)[O-])C(NO)c2c1no[n+]2[O-]. The number of nitro groups is 2. The third-order valence-corrected chi connectivity index (χ3v) is 2.43. The Kier molecular flexibility index (Phi) is 2.64. The fourth-order valence-corrected chi connectivity index (χ4v) is 1.66. The Morgan fingerprint density at radius 1 is 1.50 bits per heavy atom. The lowest BCUT2D eigenvalue weighted by Crippen LogP contribution is -2.44. The number of hydrogen-bond acceptors (Lipinski definition) is 9. The number of nitrogens with zero attached hydrogens (tertiary/aromatic N) is 4. The lowest BCUT2D eigenvalue weighted by atomic mass is 9.96. The predicted molar refractivity (Wildman–Crippen MR) is 48.9 cm³/mol. The topological polar surface area (TPSA) is 172 Å². The van der Waals surface area contributed by atoms with Crippen molar-refractivity contribution in [3.8, 4) is 0 Å². The minimum absolute atomic E-state index is 0.226. The summed E-state index contributed by atoms with van der Waals surface area (Å²) in [7, 11) is 0. The third-order valence-electron chi connectivity index (χ3n) is 2.43. The maximum Gasteiger partial charge on any atom is 0.329 e. The molecule has 1 aliphatic rings. The van der Waals surface area contributed by atoms with Crippen LogP contribution in [0.5, 0.6) is 0 Å². The van der Waals surface area contributed by atoms with Gasteiger partial charge in [-0.2, -0.15) is 5.48 Å². The lowest BCUT2D eigenvalue weighted by Gasteiger charge is -2.16. The summed E-state index contributed by atoms with van der Waals surface area (Å²) in [5.41, 5.74) is -0.156. The molecule has 2 atom stereocenters. The van der Waals surface area contributed by atoms with Gasteiger partial charge in [0.05, 0.1) is 16.2 Å². The van der Waals surface area contributed by atoms with Crippen LogP contribution < -0.4 is 10.4 Å². The minimum Gasteiger partial charge on any atom is -0.359 e. The summed E-state index contributed by atoms with van der Waals surface area (Å²) in [5, 5.41) is 44.7. The number of hydroxylamine groups is 1. The molecule has 1 aromatic heterocycles. The highest BCUT2D eigenvalue weighted by Crippen LogP contribution is 2.31. The summed E-state index contributed by atoms with van der Waals surface area (Å²) in [6.45, 7) is 0. The number of rotatable bonds is 3. The van der Waals surface area contributed by atoms with Gasteiger partial charge in [0, 0.05) is 4.92 Å². The van der Waals surface area contributed by atoms with Gasteiger partial charge in [-0.3, -0.25) is 24.9 Å². The Balaban J connectivity index is 2.64. The van der Waals surface area contributed by atoms with Crippen molar-refractivity contribution in [1.29, 1.82) is 0 Å². The normalized spacial score (nSPS) is 22.2. The fourth-order valence-electron chi connectivity index (χ4n) is 1.66. The highest BCUT2D eigenvalue weighted by molar-refractivity contribution is 5.59. The monoisotopic (exact) mass is 259 g/mol. The van der Waals surface area contributed by atoms with E-state index in [0.717, 1.165) is 0 Å². The zero-order chi connectivity index (χ0) is 13.4. The molecule has 0 radical (unpaired) electrons. The molecule has 96 valence electrons. The van der Waals surface area contributed by atoms with Gasteiger partial charge in [-0.05, 0) is 4.90 Å². The van der Waals surface area contributed by atoms with Crippen molar-refractivity contribution in [2.75, 3.05) is 0 Å². The maximum atomic E-state index is 11.2. The van der Waals surface area contributed by atoms with Crippen LogP contribution in [0.2, 0.25) is 0 Å². The van der Waals surface area contributed by atoms with Crippen molar-refractivity contribution in [1.82, 2.24) is 10.6 Å². The molecule has 0 fully saturated rings. The highest BCUT2D eigenvalue weighted by atomic mass is 16.8. The zero-order valence-electron chi connectivity index (χ0n) is 8.42. The summed E-state index contributed by atoms with van der Waals surface area (Å²) >= 11 is 0. The maximum absolute atomic E-state index is 11.2. The lowest BCUT2D eigenvalue weighted by molar-refractivity contribution is -0.810. The molecule has 2 unspecified atom stereocenters. The van der Waals surface area contributed by atoms with Crippen molar-refractivity contribution < 1.29 is 24.6 Å². The smallest absolute Gasteiger partial charge is 0.329 e. The molecular weight excluding hydrogens is 254 g/mol. The van der Waals surface area contributed by atoms with E-state index in [0.29, 0.717) is 6.08 Å². The van der Waals surface area contributed by atoms with Gasteiger partial charge >= 0.3 is 11.4 Å². The number of fused-ring (bicyclic) bond motifs is 1. The number of hydrogen-bond donors (Lipinski definition) is 2. The van der Waals surface area contributed by atoms with Crippen LogP contribution in [-0.4, -0.2) is 26.3 Å². The average Bonchev–Trinajstić information content (AvgIpc) is 2.69. The summed E-state index contributed by atoms with van der Waals surface area (Å²) in [5.74, 6) is 0. The first kappa shape index (κ1) is 11.9. The third kappa shape index (κ3) is 1.56. The van der Waals surface area contributed by atoms with Gasteiger partial charge in [0.25, 0.3) is 6.04 Å². The first-order valence-electron chi connectivity index (χ1n) is 4.46. The van der Waals surface area contributed by atoms with E-state index >= 15 is 0 Å². The molecule has 1 heterocycles. The van der Waals surface area contributed by atoms with Gasteiger partial charge in [0.15, 0.2) is 6.04 Å². The van der Waals surface area contributed by atoms with Gasteiger partial charge in [0.1, 0.15) is 0 Å². The van der Waals surface area contributed by atoms with Crippen molar-refractivity contribution in [3.05, 3.63) is 42.9 Å². The molecule has 2 N–H and O–H groups in total. The molecule has 0 spiro atoms. The van der Waals surface area contributed by atoms with E-state index in [2.05, 4.69) is 9.79 Å². The second kappa shape index (κ2) is 4.01. The zero-order valence-corrected chi connectivity index (χ0v) is 8.42. The van der Waals surface area contributed by atoms with Gasteiger partial charge in [-0.15, -0.1) is 0 Å². The van der Waals surface area contributed by atoms with Crippen LogP contribution in [0.3, 0.4) is 0 Å². The molecule has 0 bridgehead atoms. The van der Waals surface area contributed by atoms with Crippen molar-refractivity contribution >= 4 is 5.70 Å². The molecule has 2 rings (SSSR count). The van der Waals surface area contributed by atoms with Crippen LogP contribution in [-0.2, 0) is 0 Å². The first-order valence-corrected chi connectivity index (χ1v) is 4.46. The average molecular weight is 259 g/mol. The summed E-state index contributed by atoms with van der Waals surface area (Å²) in [6.07, 6.45) is 0.679. The largest absolute Gasteiger partial charge is 0.359 e. The molecule has 0 aromatic carbocycles. The van der Waals surface area contributed by atoms with Crippen LogP contribution in [0.15, 0.2) is 10.7 Å². The Morgan fingerprint density at radius 2 is 2.17 bits per heavy atom. The molecule has 0 saturated heterocycles. The molecule has 1 aromatic rings. The quantitative estimate of drug-likeness (QED) is 0.376. The van der Waals surface area contributed by atoms with Crippen LogP contribution in [0.25, 0.3) is 5.70 Å². The molecule has 18 heavy (non-hydrogen) atoms. The summed E-state index contributed by atoms with van der Waals surface area (Å²) < 4.78 is 4.15. The fraction of sp³-hybridized carbons (Fsp3) is 0.333. The molecule has 12 heteroatoms. The Bertz CT molecular complexity index is 551. The number of aromatic nitrogens is 2. The van der Waals surface area contributed by atoms with E-state index in [1.807, 2.05) is 0 Å². The summed E-state index contributed by atoms with van der Waals surface area (Å²) in [4.78, 5) is 19.5. The van der Waals surface area contributed by atoms with Gasteiger partial charge in [-0.25, -0.2) is 0 Å². The Hall–Kier alpha value is -2.60. The van der Waals surface area contributed by atoms with E-state index in [4.69, 9.17) is 5.21 Å². The van der Waals surface area contributed by atoms with Gasteiger partial charge < -0.3 is 10.4 Å². The van der Waals surface area contributed by atoms with E-state index in [-0.39, 0.29) is 4.90 Å². The van der Waals surface area contributed by atoms with Crippen molar-refractivity contribution in [3.63, 3.8) is 0 Å². The Morgan fingerprint density at radius 3 is 2.67 bits per heavy atom. The first-order chi connectivity index (χ1) is 8.47. The molecule has 0 amide bonds. The highest BCUT2D eigenvalue weighted by Gasteiger charge is 2.49. The second-order valence-corrected chi connectivity index (χ2v) is 3.36. The van der Waals surface area contributed by atoms with E-state index < -0.39 is 39.0 Å². The minimum atomic E-state index is -1.69. The van der Waals surface area contributed by atoms with Crippen LogP contribution >= 0.6 is 0 Å². The van der Waals surface area contributed by atoms with Gasteiger partial charge in [0.2, 0.25) is 5.69 Å². The molecule has 0 aliphatic heterocycles. The second-order valence-electron chi connectivity index (χ2n) is 3.36. The molecule has 12 nitrogen and oxygen atoms in total. The van der Waals surface area contributed by atoms with Crippen LogP contribution in [0.4, 0.5) is 0 Å². The van der Waals surface area contributed by atoms with Crippen molar-refractivity contribution in [2.24, 2.45) is 0 Å². The standard InChI is InChI=1S/C6H5N5O7/c12-7-4-2(9(13)14)1-3(10(15)16)5-6(4)11(17)18-8-5/h1-2,4,7,12H. The summed E-state index contributed by atoms with van der Waals surface area (Å²) in [6, 6.07) is -3.18. The van der Waals surface area contributed by atoms with Crippen molar-refractivity contribution in [2.45, 2.75) is 12.1 Å². The van der Waals surface area contributed by atoms with E-state index in [9.17, 15) is 25.4 Å². The van der Waals surface area contributed by atoms with Crippen LogP contribution in [0.1, 0.15) is 17.4 Å². The Labute approximate surface area is 96.9 Å². The molecular formula is C6H5N5O7. The van der Waals surface area contributed by atoms with Crippen LogP contribution in [0, 0.1) is 25.4 Å². The molecule has 1 aliphatic carbocycles.